The summed E-state index contributed by atoms with van der Waals surface area (Å²) in [7, 11) is 0. The molecule has 0 spiro atoms. The highest BCUT2D eigenvalue weighted by Crippen LogP contribution is 2.39. The number of thiophene rings is 1. The summed E-state index contributed by atoms with van der Waals surface area (Å²) < 4.78 is 0. The minimum Gasteiger partial charge on any atom is -0.342 e. The molecule has 0 N–H and O–H groups in total. The van der Waals surface area contributed by atoms with Crippen molar-refractivity contribution in [3.63, 3.8) is 0 Å². The largest absolute Gasteiger partial charge is 0.342 e. The van der Waals surface area contributed by atoms with Gasteiger partial charge >= 0.3 is 0 Å². The summed E-state index contributed by atoms with van der Waals surface area (Å²) in [6.45, 7) is 1.85. The van der Waals surface area contributed by atoms with E-state index in [1.807, 2.05) is 11.3 Å². The van der Waals surface area contributed by atoms with Crippen LogP contribution in [-0.4, -0.2) is 39.6 Å². The maximum absolute atomic E-state index is 12.7. The first-order valence-corrected chi connectivity index (χ1v) is 11.3. The third-order valence-corrected chi connectivity index (χ3v) is 7.43. The molecular weight excluding hydrogens is 350 g/mol. The molecule has 3 heterocycles. The minimum absolute atomic E-state index is 0.266. The molecule has 0 atom stereocenters. The highest BCUT2D eigenvalue weighted by molar-refractivity contribution is 8.00. The van der Waals surface area contributed by atoms with E-state index in [4.69, 9.17) is 0 Å². The molecule has 0 aromatic carbocycles. The van der Waals surface area contributed by atoms with Crippen LogP contribution >= 0.6 is 23.1 Å². The van der Waals surface area contributed by atoms with Crippen molar-refractivity contribution in [3.8, 4) is 0 Å². The zero-order chi connectivity index (χ0) is 17.1. The summed E-state index contributed by atoms with van der Waals surface area (Å²) in [5, 5.41) is 2.23. The van der Waals surface area contributed by atoms with Gasteiger partial charge in [-0.05, 0) is 44.1 Å². The van der Waals surface area contributed by atoms with Crippen molar-refractivity contribution >= 4 is 39.2 Å². The zero-order valence-corrected chi connectivity index (χ0v) is 16.3. The Hall–Kier alpha value is -1.14. The number of rotatable bonds is 3. The van der Waals surface area contributed by atoms with Crippen LogP contribution in [0.1, 0.15) is 55.4 Å². The Morgan fingerprint density at radius 1 is 1.04 bits per heavy atom. The summed E-state index contributed by atoms with van der Waals surface area (Å²) in [5.74, 6) is 0.763. The average Bonchev–Trinajstić information content (AvgIpc) is 2.98. The SMILES string of the molecule is O=C(CSc1ncnc2sc3c(c12)CCCC3)N1CCCCCCC1. The smallest absolute Gasteiger partial charge is 0.232 e. The number of carbonyl (C=O) groups excluding carboxylic acids is 1. The number of likely N-dealkylation sites (tertiary alicyclic amines) is 1. The van der Waals surface area contributed by atoms with Crippen LogP contribution in [0.25, 0.3) is 10.2 Å². The third-order valence-electron chi connectivity index (χ3n) is 5.26. The topological polar surface area (TPSA) is 46.1 Å². The van der Waals surface area contributed by atoms with Crippen molar-refractivity contribution in [2.45, 2.75) is 62.8 Å². The predicted molar refractivity (Wildman–Crippen MR) is 104 cm³/mol. The van der Waals surface area contributed by atoms with Crippen molar-refractivity contribution in [2.75, 3.05) is 18.8 Å². The molecule has 6 heteroatoms. The summed E-state index contributed by atoms with van der Waals surface area (Å²) in [6, 6.07) is 0. The lowest BCUT2D eigenvalue weighted by atomic mass is 9.97. The Labute approximate surface area is 157 Å². The molecule has 0 radical (unpaired) electrons. The second kappa shape index (κ2) is 8.04. The van der Waals surface area contributed by atoms with Crippen LogP contribution < -0.4 is 0 Å². The first-order chi connectivity index (χ1) is 12.3. The number of hydrogen-bond acceptors (Lipinski definition) is 5. The Bertz CT molecular complexity index is 750. The molecule has 0 saturated carbocycles. The summed E-state index contributed by atoms with van der Waals surface area (Å²) >= 11 is 3.43. The lowest BCUT2D eigenvalue weighted by molar-refractivity contribution is -0.128. The quantitative estimate of drug-likeness (QED) is 0.587. The molecule has 1 aliphatic carbocycles. The molecule has 2 aromatic rings. The molecule has 1 fully saturated rings. The van der Waals surface area contributed by atoms with Gasteiger partial charge in [0.05, 0.1) is 5.75 Å². The summed E-state index contributed by atoms with van der Waals surface area (Å²) in [5.41, 5.74) is 1.45. The van der Waals surface area contributed by atoms with E-state index in [0.29, 0.717) is 5.75 Å². The standard InChI is InChI=1S/C19H25N3OS2/c23-16(22-10-6-2-1-3-7-11-22)12-24-18-17-14-8-4-5-9-15(14)25-19(17)21-13-20-18/h13H,1-12H2. The second-order valence-corrected chi connectivity index (χ2v) is 9.05. The van der Waals surface area contributed by atoms with Gasteiger partial charge in [-0.25, -0.2) is 9.97 Å². The van der Waals surface area contributed by atoms with Gasteiger partial charge in [0.2, 0.25) is 5.91 Å². The van der Waals surface area contributed by atoms with Crippen molar-refractivity contribution in [3.05, 3.63) is 16.8 Å². The highest BCUT2D eigenvalue weighted by atomic mass is 32.2. The molecule has 4 nitrogen and oxygen atoms in total. The molecule has 4 rings (SSSR count). The van der Waals surface area contributed by atoms with Crippen LogP contribution in [0.4, 0.5) is 0 Å². The molecule has 134 valence electrons. The molecule has 0 unspecified atom stereocenters. The number of nitrogens with zero attached hydrogens (tertiary/aromatic N) is 3. The molecule has 25 heavy (non-hydrogen) atoms. The van der Waals surface area contributed by atoms with Crippen LogP contribution in [0.2, 0.25) is 0 Å². The van der Waals surface area contributed by atoms with Gasteiger partial charge in [0.1, 0.15) is 16.2 Å². The van der Waals surface area contributed by atoms with Gasteiger partial charge < -0.3 is 4.90 Å². The van der Waals surface area contributed by atoms with Gasteiger partial charge in [0.25, 0.3) is 0 Å². The van der Waals surface area contributed by atoms with Crippen LogP contribution in [0, 0.1) is 0 Å². The number of amides is 1. The monoisotopic (exact) mass is 375 g/mol. The fourth-order valence-corrected chi connectivity index (χ4v) is 6.11. The van der Waals surface area contributed by atoms with Gasteiger partial charge in [-0.1, -0.05) is 31.0 Å². The molecule has 1 aliphatic heterocycles. The van der Waals surface area contributed by atoms with E-state index in [0.717, 1.165) is 42.2 Å². The number of fused-ring (bicyclic) bond motifs is 3. The fraction of sp³-hybridized carbons (Fsp3) is 0.632. The van der Waals surface area contributed by atoms with Crippen LogP contribution in [0.3, 0.4) is 0 Å². The number of aromatic nitrogens is 2. The molecule has 1 saturated heterocycles. The average molecular weight is 376 g/mol. The molecule has 2 aromatic heterocycles. The normalized spacial score (nSPS) is 18.6. The van der Waals surface area contributed by atoms with Gasteiger partial charge in [0.15, 0.2) is 0 Å². The van der Waals surface area contributed by atoms with Crippen LogP contribution in [0.15, 0.2) is 11.4 Å². The van der Waals surface area contributed by atoms with Gasteiger partial charge in [-0.2, -0.15) is 0 Å². The van der Waals surface area contributed by atoms with Crippen LogP contribution in [-0.2, 0) is 17.6 Å². The lowest BCUT2D eigenvalue weighted by Crippen LogP contribution is -2.35. The van der Waals surface area contributed by atoms with E-state index in [9.17, 15) is 4.79 Å². The Balaban J connectivity index is 1.49. The zero-order valence-electron chi connectivity index (χ0n) is 14.6. The Morgan fingerprint density at radius 2 is 1.80 bits per heavy atom. The van der Waals surface area contributed by atoms with E-state index in [2.05, 4.69) is 14.9 Å². The van der Waals surface area contributed by atoms with Gasteiger partial charge in [-0.15, -0.1) is 11.3 Å². The van der Waals surface area contributed by atoms with E-state index in [-0.39, 0.29) is 5.91 Å². The second-order valence-electron chi connectivity index (χ2n) is 7.01. The number of carbonyl (C=O) groups is 1. The summed E-state index contributed by atoms with van der Waals surface area (Å²) in [4.78, 5) is 26.3. The molecule has 2 aliphatic rings. The minimum atomic E-state index is 0.266. The van der Waals surface area contributed by atoms with Crippen LogP contribution in [0.5, 0.6) is 0 Å². The highest BCUT2D eigenvalue weighted by Gasteiger charge is 2.21. The van der Waals surface area contributed by atoms with Gasteiger partial charge in [-0.3, -0.25) is 4.79 Å². The number of hydrogen-bond donors (Lipinski definition) is 0. The maximum Gasteiger partial charge on any atom is 0.232 e. The van der Waals surface area contributed by atoms with Crippen molar-refractivity contribution < 1.29 is 4.79 Å². The van der Waals surface area contributed by atoms with E-state index >= 15 is 0 Å². The fourth-order valence-electron chi connectivity index (χ4n) is 3.89. The van der Waals surface area contributed by atoms with Crippen molar-refractivity contribution in [1.82, 2.24) is 14.9 Å². The lowest BCUT2D eigenvalue weighted by Gasteiger charge is -2.24. The third kappa shape index (κ3) is 3.85. The van der Waals surface area contributed by atoms with Crippen molar-refractivity contribution in [2.24, 2.45) is 0 Å². The van der Waals surface area contributed by atoms with Gasteiger partial charge in [0, 0.05) is 23.4 Å². The number of thioether (sulfide) groups is 1. The Kier molecular flexibility index (Phi) is 5.56. The molecule has 0 bridgehead atoms. The number of aryl methyl sites for hydroxylation is 2. The molecule has 1 amide bonds. The summed E-state index contributed by atoms with van der Waals surface area (Å²) in [6.07, 6.45) is 12.6. The Morgan fingerprint density at radius 3 is 2.64 bits per heavy atom. The van der Waals surface area contributed by atoms with E-state index in [1.54, 1.807) is 18.1 Å². The predicted octanol–water partition coefficient (Wildman–Crippen LogP) is 4.45. The molecular formula is C19H25N3OS2. The van der Waals surface area contributed by atoms with E-state index < -0.39 is 0 Å². The van der Waals surface area contributed by atoms with Crippen molar-refractivity contribution in [1.29, 1.82) is 0 Å². The maximum atomic E-state index is 12.7. The van der Waals surface area contributed by atoms with E-state index in [1.165, 1.54) is 54.4 Å². The first-order valence-electron chi connectivity index (χ1n) is 9.49. The first kappa shape index (κ1) is 17.3.